The molecule has 0 spiro atoms. The number of carbonyl (C=O) groups is 2. The van der Waals surface area contributed by atoms with Gasteiger partial charge in [0.15, 0.2) is 5.82 Å². The van der Waals surface area contributed by atoms with Crippen LogP contribution >= 0.6 is 0 Å². The molecule has 1 aromatic heterocycles. The normalized spacial score (nSPS) is 17.2. The van der Waals surface area contributed by atoms with Crippen LogP contribution < -0.4 is 5.32 Å². The first-order chi connectivity index (χ1) is 15.7. The Morgan fingerprint density at radius 1 is 1.15 bits per heavy atom. The Morgan fingerprint density at radius 3 is 2.21 bits per heavy atom. The molecule has 3 heterocycles. The predicted octanol–water partition coefficient (Wildman–Crippen LogP) is 2.78. The molecule has 2 aromatic rings. The van der Waals surface area contributed by atoms with Gasteiger partial charge in [0, 0.05) is 31.0 Å². The van der Waals surface area contributed by atoms with Crippen molar-refractivity contribution in [2.75, 3.05) is 26.2 Å². The van der Waals surface area contributed by atoms with Crippen molar-refractivity contribution in [3.8, 4) is 0 Å². The zero-order valence-corrected chi connectivity index (χ0v) is 18.4. The molecular weight excluding hydrogens is 439 g/mol. The van der Waals surface area contributed by atoms with Gasteiger partial charge in [-0.2, -0.15) is 18.3 Å². The van der Waals surface area contributed by atoms with Crippen LogP contribution in [0.4, 0.5) is 13.2 Å². The second-order valence-electron chi connectivity index (χ2n) is 8.29. The van der Waals surface area contributed by atoms with Crippen molar-refractivity contribution >= 4 is 11.9 Å². The number of aryl methyl sites for hydroxylation is 1. The number of carboxylic acids is 1. The van der Waals surface area contributed by atoms with Crippen LogP contribution in [-0.4, -0.2) is 69.4 Å². The lowest BCUT2D eigenvalue weighted by atomic mass is 9.93. The molecule has 0 saturated carbocycles. The number of carboxylic acid groups (broad SMARTS) is 1. The third-order valence-corrected chi connectivity index (χ3v) is 5.87. The SMILES string of the molecule is CCc1nc(C2CCN(C(=O)c3ccc(CC4CNC4)cc3)CC2)n[nH]1.O=C(O)C(F)(F)F. The lowest BCUT2D eigenvalue weighted by Crippen LogP contribution is -2.43. The molecule has 3 N–H and O–H groups in total. The average Bonchev–Trinajstić information content (AvgIpc) is 3.25. The van der Waals surface area contributed by atoms with Crippen molar-refractivity contribution in [3.05, 3.63) is 47.0 Å². The predicted molar refractivity (Wildman–Crippen MR) is 114 cm³/mol. The molecule has 8 nitrogen and oxygen atoms in total. The van der Waals surface area contributed by atoms with E-state index in [2.05, 4.69) is 39.6 Å². The topological polar surface area (TPSA) is 111 Å². The van der Waals surface area contributed by atoms with Crippen LogP contribution in [0, 0.1) is 5.92 Å². The van der Waals surface area contributed by atoms with E-state index in [0.717, 1.165) is 75.0 Å². The number of benzene rings is 1. The first-order valence-corrected chi connectivity index (χ1v) is 11.0. The summed E-state index contributed by atoms with van der Waals surface area (Å²) in [5.74, 6) is 0.339. The highest BCUT2D eigenvalue weighted by molar-refractivity contribution is 5.94. The van der Waals surface area contributed by atoms with Crippen LogP contribution in [-0.2, 0) is 17.6 Å². The monoisotopic (exact) mass is 467 g/mol. The molecule has 0 bridgehead atoms. The number of H-pyrrole nitrogens is 1. The number of likely N-dealkylation sites (tertiary alicyclic amines) is 1. The molecule has 2 aliphatic heterocycles. The Labute approximate surface area is 189 Å². The van der Waals surface area contributed by atoms with Crippen LogP contribution in [0.5, 0.6) is 0 Å². The van der Waals surface area contributed by atoms with Crippen LogP contribution in [0.1, 0.15) is 53.3 Å². The maximum atomic E-state index is 12.8. The summed E-state index contributed by atoms with van der Waals surface area (Å²) in [6.07, 6.45) is -1.25. The minimum Gasteiger partial charge on any atom is -0.475 e. The summed E-state index contributed by atoms with van der Waals surface area (Å²) in [5.41, 5.74) is 2.12. The Morgan fingerprint density at radius 2 is 1.76 bits per heavy atom. The van der Waals surface area contributed by atoms with Crippen molar-refractivity contribution in [2.24, 2.45) is 5.92 Å². The highest BCUT2D eigenvalue weighted by Crippen LogP contribution is 2.26. The zero-order valence-electron chi connectivity index (χ0n) is 18.4. The minimum atomic E-state index is -5.08. The van der Waals surface area contributed by atoms with E-state index in [0.29, 0.717) is 5.92 Å². The lowest BCUT2D eigenvalue weighted by Gasteiger charge is -2.31. The van der Waals surface area contributed by atoms with E-state index < -0.39 is 12.1 Å². The standard InChI is InChI=1S/C20H27N5O.C2HF3O2/c1-2-18-22-19(24-23-18)16-7-9-25(10-8-16)20(26)17-5-3-14(4-6-17)11-15-12-21-13-15;3-2(4,5)1(6)7/h3-6,15-16,21H,2,7-13H2,1H3,(H,22,23,24);(H,6,7). The highest BCUT2D eigenvalue weighted by Gasteiger charge is 2.38. The number of carbonyl (C=O) groups excluding carboxylic acids is 1. The molecule has 180 valence electrons. The number of halogens is 3. The number of alkyl halides is 3. The molecule has 0 unspecified atom stereocenters. The van der Waals surface area contributed by atoms with Gasteiger partial charge in [0.1, 0.15) is 5.82 Å². The van der Waals surface area contributed by atoms with E-state index in [4.69, 9.17) is 9.90 Å². The fourth-order valence-corrected chi connectivity index (χ4v) is 3.78. The van der Waals surface area contributed by atoms with Gasteiger partial charge < -0.3 is 15.3 Å². The summed E-state index contributed by atoms with van der Waals surface area (Å²) in [6, 6.07) is 8.19. The summed E-state index contributed by atoms with van der Waals surface area (Å²) in [7, 11) is 0. The van der Waals surface area contributed by atoms with Crippen molar-refractivity contribution in [1.82, 2.24) is 25.4 Å². The molecule has 0 aliphatic carbocycles. The summed E-state index contributed by atoms with van der Waals surface area (Å²) in [4.78, 5) is 28.2. The van der Waals surface area contributed by atoms with E-state index in [1.807, 2.05) is 17.0 Å². The van der Waals surface area contributed by atoms with Gasteiger partial charge >= 0.3 is 12.1 Å². The Bertz CT molecular complexity index is 933. The number of aliphatic carboxylic acids is 1. The van der Waals surface area contributed by atoms with Crippen LogP contribution in [0.15, 0.2) is 24.3 Å². The Kier molecular flexibility index (Phi) is 8.06. The summed E-state index contributed by atoms with van der Waals surface area (Å²) in [6.45, 7) is 5.84. The van der Waals surface area contributed by atoms with Gasteiger partial charge in [-0.3, -0.25) is 9.89 Å². The smallest absolute Gasteiger partial charge is 0.475 e. The van der Waals surface area contributed by atoms with E-state index in [1.165, 1.54) is 5.56 Å². The fourth-order valence-electron chi connectivity index (χ4n) is 3.78. The maximum Gasteiger partial charge on any atom is 0.490 e. The Hall–Kier alpha value is -2.95. The van der Waals surface area contributed by atoms with E-state index in [9.17, 15) is 18.0 Å². The number of rotatable bonds is 5. The van der Waals surface area contributed by atoms with Gasteiger partial charge in [-0.1, -0.05) is 19.1 Å². The van der Waals surface area contributed by atoms with E-state index >= 15 is 0 Å². The molecule has 1 aromatic carbocycles. The number of nitrogens with zero attached hydrogens (tertiary/aromatic N) is 3. The number of aromatic nitrogens is 3. The van der Waals surface area contributed by atoms with Crippen LogP contribution in [0.3, 0.4) is 0 Å². The number of nitrogens with one attached hydrogen (secondary N) is 2. The molecule has 11 heteroatoms. The van der Waals surface area contributed by atoms with Crippen LogP contribution in [0.2, 0.25) is 0 Å². The average molecular weight is 467 g/mol. The van der Waals surface area contributed by atoms with Gasteiger partial charge in [-0.15, -0.1) is 0 Å². The number of hydrogen-bond acceptors (Lipinski definition) is 5. The number of hydrogen-bond donors (Lipinski definition) is 3. The molecule has 0 atom stereocenters. The van der Waals surface area contributed by atoms with E-state index in [1.54, 1.807) is 0 Å². The summed E-state index contributed by atoms with van der Waals surface area (Å²) >= 11 is 0. The van der Waals surface area contributed by atoms with Crippen molar-refractivity contribution < 1.29 is 27.9 Å². The van der Waals surface area contributed by atoms with E-state index in [-0.39, 0.29) is 5.91 Å². The number of piperidine rings is 1. The molecule has 2 fully saturated rings. The molecule has 2 saturated heterocycles. The van der Waals surface area contributed by atoms with Gasteiger partial charge in [0.25, 0.3) is 5.91 Å². The van der Waals surface area contributed by atoms with Gasteiger partial charge in [-0.25, -0.2) is 9.78 Å². The van der Waals surface area contributed by atoms with Crippen molar-refractivity contribution in [3.63, 3.8) is 0 Å². The zero-order chi connectivity index (χ0) is 24.0. The second-order valence-corrected chi connectivity index (χ2v) is 8.29. The largest absolute Gasteiger partial charge is 0.490 e. The number of aromatic amines is 1. The quantitative estimate of drug-likeness (QED) is 0.624. The third-order valence-electron chi connectivity index (χ3n) is 5.87. The molecular formula is C22H28F3N5O3. The lowest BCUT2D eigenvalue weighted by molar-refractivity contribution is -0.192. The summed E-state index contributed by atoms with van der Waals surface area (Å²) < 4.78 is 31.7. The molecule has 0 radical (unpaired) electrons. The fraction of sp³-hybridized carbons (Fsp3) is 0.545. The summed E-state index contributed by atoms with van der Waals surface area (Å²) in [5, 5.41) is 17.8. The highest BCUT2D eigenvalue weighted by atomic mass is 19.4. The van der Waals surface area contributed by atoms with Gasteiger partial charge in [0.2, 0.25) is 0 Å². The maximum absolute atomic E-state index is 12.8. The Balaban J connectivity index is 0.000000383. The molecule has 33 heavy (non-hydrogen) atoms. The number of amides is 1. The minimum absolute atomic E-state index is 0.143. The van der Waals surface area contributed by atoms with Gasteiger partial charge in [0.05, 0.1) is 0 Å². The third kappa shape index (κ3) is 6.77. The van der Waals surface area contributed by atoms with Crippen LogP contribution in [0.25, 0.3) is 0 Å². The molecule has 1 amide bonds. The second kappa shape index (κ2) is 10.8. The first-order valence-electron chi connectivity index (χ1n) is 11.0. The van der Waals surface area contributed by atoms with Gasteiger partial charge in [-0.05, 0) is 56.0 Å². The van der Waals surface area contributed by atoms with Crippen molar-refractivity contribution in [1.29, 1.82) is 0 Å². The van der Waals surface area contributed by atoms with Crippen molar-refractivity contribution in [2.45, 2.75) is 44.7 Å². The molecule has 2 aliphatic rings. The first kappa shape index (κ1) is 24.7. The molecule has 4 rings (SSSR count).